The summed E-state index contributed by atoms with van der Waals surface area (Å²) in [6, 6.07) is 0. The van der Waals surface area contributed by atoms with Crippen molar-refractivity contribution in [1.29, 1.82) is 0 Å². The van der Waals surface area contributed by atoms with Gasteiger partial charge in [-0.2, -0.15) is 8.42 Å². The first-order valence-corrected chi connectivity index (χ1v) is 10.3. The Balaban J connectivity index is 3.57. The summed E-state index contributed by atoms with van der Waals surface area (Å²) in [7, 11) is -3.96. The largest absolute Gasteiger partial charge is 0.379 e. The van der Waals surface area contributed by atoms with E-state index in [4.69, 9.17) is 4.55 Å². The van der Waals surface area contributed by atoms with Gasteiger partial charge in [0.15, 0.2) is 0 Å². The van der Waals surface area contributed by atoms with Gasteiger partial charge in [-0.1, -0.05) is 64.7 Å². The third kappa shape index (κ3) is 14.8. The second-order valence-corrected chi connectivity index (χ2v) is 7.71. The SMILES string of the molecule is CCCCCCCCCCCCN(CCS(=O)(=O)O)C(C)O. The first-order valence-electron chi connectivity index (χ1n) is 8.74. The van der Waals surface area contributed by atoms with Crippen LogP contribution in [0.25, 0.3) is 0 Å². The Hall–Kier alpha value is -0.170. The maximum atomic E-state index is 10.7. The maximum Gasteiger partial charge on any atom is 0.266 e. The molecule has 0 aliphatic heterocycles. The van der Waals surface area contributed by atoms with E-state index in [0.29, 0.717) is 6.54 Å². The van der Waals surface area contributed by atoms with Crippen LogP contribution in [0.4, 0.5) is 0 Å². The lowest BCUT2D eigenvalue weighted by Crippen LogP contribution is -2.37. The van der Waals surface area contributed by atoms with E-state index in [1.165, 1.54) is 51.4 Å². The van der Waals surface area contributed by atoms with Crippen molar-refractivity contribution < 1.29 is 18.1 Å². The van der Waals surface area contributed by atoms with Crippen LogP contribution in [0, 0.1) is 0 Å². The van der Waals surface area contributed by atoms with E-state index in [0.717, 1.165) is 12.8 Å². The Morgan fingerprint density at radius 1 is 0.864 bits per heavy atom. The van der Waals surface area contributed by atoms with Gasteiger partial charge >= 0.3 is 0 Å². The molecule has 0 aliphatic rings. The summed E-state index contributed by atoms with van der Waals surface area (Å²) in [6.45, 7) is 4.70. The van der Waals surface area contributed by atoms with E-state index in [2.05, 4.69) is 6.92 Å². The topological polar surface area (TPSA) is 77.8 Å². The minimum absolute atomic E-state index is 0.175. The molecule has 0 heterocycles. The Kier molecular flexibility index (Phi) is 13.2. The van der Waals surface area contributed by atoms with Gasteiger partial charge in [0.25, 0.3) is 10.1 Å². The molecule has 0 bridgehead atoms. The highest BCUT2D eigenvalue weighted by molar-refractivity contribution is 7.85. The molecule has 1 unspecified atom stereocenters. The molecule has 134 valence electrons. The molecule has 5 nitrogen and oxygen atoms in total. The van der Waals surface area contributed by atoms with Gasteiger partial charge in [-0.05, 0) is 13.3 Å². The van der Waals surface area contributed by atoms with E-state index >= 15 is 0 Å². The van der Waals surface area contributed by atoms with Crippen molar-refractivity contribution in [2.24, 2.45) is 0 Å². The fourth-order valence-electron chi connectivity index (χ4n) is 2.52. The molecule has 0 spiro atoms. The lowest BCUT2D eigenvalue weighted by molar-refractivity contribution is 0.0217. The summed E-state index contributed by atoms with van der Waals surface area (Å²) >= 11 is 0. The van der Waals surface area contributed by atoms with Gasteiger partial charge < -0.3 is 5.11 Å². The minimum Gasteiger partial charge on any atom is -0.379 e. The summed E-state index contributed by atoms with van der Waals surface area (Å²) in [5.74, 6) is -0.324. The fraction of sp³-hybridized carbons (Fsp3) is 1.00. The van der Waals surface area contributed by atoms with Crippen LogP contribution >= 0.6 is 0 Å². The van der Waals surface area contributed by atoms with Crippen LogP contribution < -0.4 is 0 Å². The summed E-state index contributed by atoms with van der Waals surface area (Å²) in [5, 5.41) is 9.60. The smallest absolute Gasteiger partial charge is 0.266 e. The predicted octanol–water partition coefficient (Wildman–Crippen LogP) is 3.44. The second-order valence-electron chi connectivity index (χ2n) is 6.14. The standard InChI is InChI=1S/C16H35NO4S/c1-3-4-5-6-7-8-9-10-11-12-13-17(16(2)18)14-15-22(19,20)21/h16,18H,3-15H2,1-2H3,(H,19,20,21). The van der Waals surface area contributed by atoms with Gasteiger partial charge in [-0.15, -0.1) is 0 Å². The Morgan fingerprint density at radius 3 is 1.73 bits per heavy atom. The highest BCUT2D eigenvalue weighted by atomic mass is 32.2. The van der Waals surface area contributed by atoms with Gasteiger partial charge in [0.05, 0.1) is 5.75 Å². The van der Waals surface area contributed by atoms with Gasteiger partial charge in [-0.3, -0.25) is 9.45 Å². The van der Waals surface area contributed by atoms with E-state index in [1.54, 1.807) is 11.8 Å². The van der Waals surface area contributed by atoms with Crippen LogP contribution in [0.2, 0.25) is 0 Å². The zero-order valence-corrected chi connectivity index (χ0v) is 15.2. The van der Waals surface area contributed by atoms with Crippen LogP contribution in [0.3, 0.4) is 0 Å². The molecule has 0 aliphatic carbocycles. The summed E-state index contributed by atoms with van der Waals surface area (Å²) < 4.78 is 30.3. The molecule has 0 fully saturated rings. The third-order valence-electron chi connectivity index (χ3n) is 3.96. The fourth-order valence-corrected chi connectivity index (χ4v) is 2.99. The quantitative estimate of drug-likeness (QED) is 0.272. The molecule has 6 heteroatoms. The molecule has 0 saturated carbocycles. The summed E-state index contributed by atoms with van der Waals surface area (Å²) in [5.41, 5.74) is 0. The highest BCUT2D eigenvalue weighted by Gasteiger charge is 2.14. The van der Waals surface area contributed by atoms with Crippen LogP contribution in [0.5, 0.6) is 0 Å². The van der Waals surface area contributed by atoms with E-state index < -0.39 is 16.3 Å². The van der Waals surface area contributed by atoms with Crippen molar-refractivity contribution in [3.05, 3.63) is 0 Å². The number of rotatable bonds is 15. The monoisotopic (exact) mass is 337 g/mol. The van der Waals surface area contributed by atoms with Crippen molar-refractivity contribution in [2.75, 3.05) is 18.8 Å². The molecule has 2 N–H and O–H groups in total. The lowest BCUT2D eigenvalue weighted by Gasteiger charge is -2.24. The summed E-state index contributed by atoms with van der Waals surface area (Å²) in [4.78, 5) is 1.69. The van der Waals surface area contributed by atoms with Gasteiger partial charge in [0, 0.05) is 13.1 Å². The van der Waals surface area contributed by atoms with Gasteiger partial charge in [0.2, 0.25) is 0 Å². The molecule has 0 radical (unpaired) electrons. The van der Waals surface area contributed by atoms with Crippen LogP contribution in [0.15, 0.2) is 0 Å². The first kappa shape index (κ1) is 21.8. The summed E-state index contributed by atoms with van der Waals surface area (Å²) in [6.07, 6.45) is 11.8. The zero-order chi connectivity index (χ0) is 16.8. The van der Waals surface area contributed by atoms with Gasteiger partial charge in [0.1, 0.15) is 6.23 Å². The van der Waals surface area contributed by atoms with Crippen molar-refractivity contribution in [2.45, 2.75) is 84.3 Å². The third-order valence-corrected chi connectivity index (χ3v) is 4.66. The molecule has 0 aromatic rings. The molecule has 0 saturated heterocycles. The average Bonchev–Trinajstić information content (AvgIpc) is 2.42. The molecular weight excluding hydrogens is 302 g/mol. The molecule has 0 aromatic carbocycles. The number of nitrogens with zero attached hydrogens (tertiary/aromatic N) is 1. The average molecular weight is 338 g/mol. The van der Waals surface area contributed by atoms with Crippen molar-refractivity contribution in [3.8, 4) is 0 Å². The maximum absolute atomic E-state index is 10.7. The van der Waals surface area contributed by atoms with Crippen molar-refractivity contribution in [1.82, 2.24) is 4.90 Å². The first-order chi connectivity index (χ1) is 10.4. The molecule has 0 amide bonds. The van der Waals surface area contributed by atoms with Crippen molar-refractivity contribution >= 4 is 10.1 Å². The van der Waals surface area contributed by atoms with Crippen LogP contribution in [0.1, 0.15) is 78.1 Å². The molecule has 0 aromatic heterocycles. The van der Waals surface area contributed by atoms with Gasteiger partial charge in [-0.25, -0.2) is 0 Å². The lowest BCUT2D eigenvalue weighted by atomic mass is 10.1. The molecule has 22 heavy (non-hydrogen) atoms. The number of unbranched alkanes of at least 4 members (excludes halogenated alkanes) is 9. The number of aliphatic hydroxyl groups excluding tert-OH is 1. The Labute approximate surface area is 136 Å². The predicted molar refractivity (Wildman–Crippen MR) is 91.5 cm³/mol. The highest BCUT2D eigenvalue weighted by Crippen LogP contribution is 2.11. The van der Waals surface area contributed by atoms with E-state index in [9.17, 15) is 13.5 Å². The minimum atomic E-state index is -3.96. The van der Waals surface area contributed by atoms with Crippen LogP contribution in [-0.4, -0.2) is 48.0 Å². The molecule has 1 atom stereocenters. The molecular formula is C16H35NO4S. The van der Waals surface area contributed by atoms with E-state index in [1.807, 2.05) is 0 Å². The number of hydrogen-bond acceptors (Lipinski definition) is 4. The Morgan fingerprint density at radius 2 is 1.32 bits per heavy atom. The molecule has 0 rings (SSSR count). The van der Waals surface area contributed by atoms with E-state index in [-0.39, 0.29) is 12.3 Å². The number of hydrogen-bond donors (Lipinski definition) is 2. The zero-order valence-electron chi connectivity index (χ0n) is 14.3. The number of aliphatic hydroxyl groups is 1. The second kappa shape index (κ2) is 13.3. The Bertz CT molecular complexity index is 344. The van der Waals surface area contributed by atoms with Crippen LogP contribution in [-0.2, 0) is 10.1 Å². The normalized spacial score (nSPS) is 13.7. The van der Waals surface area contributed by atoms with Crippen molar-refractivity contribution in [3.63, 3.8) is 0 Å².